The van der Waals surface area contributed by atoms with Gasteiger partial charge < -0.3 is 0 Å². The quantitative estimate of drug-likeness (QED) is 0.661. The number of thioether (sulfide) groups is 1. The molecule has 0 aliphatic heterocycles. The monoisotopic (exact) mass is 326 g/mol. The minimum absolute atomic E-state index is 0.0678. The van der Waals surface area contributed by atoms with Gasteiger partial charge in [-0.05, 0) is 24.5 Å². The molecule has 3 nitrogen and oxygen atoms in total. The van der Waals surface area contributed by atoms with Gasteiger partial charge in [0, 0.05) is 16.7 Å². The molecule has 1 aliphatic rings. The fraction of sp³-hybridized carbons (Fsp3) is 0.235. The molecule has 2 heterocycles. The number of ketones is 1. The van der Waals surface area contributed by atoms with Crippen LogP contribution in [-0.2, 0) is 4.79 Å². The van der Waals surface area contributed by atoms with Gasteiger partial charge in [0.15, 0.2) is 0 Å². The molecule has 3 aromatic rings. The lowest BCUT2D eigenvalue weighted by Gasteiger charge is -2.06. The first-order valence-electron chi connectivity index (χ1n) is 7.30. The molecule has 1 fully saturated rings. The fourth-order valence-corrected chi connectivity index (χ4v) is 4.98. The molecule has 4 rings (SSSR count). The SMILES string of the molecule is O=C1CCC[C@H]1Sc1ncnc2sc(-c3ccccc3)cc12. The van der Waals surface area contributed by atoms with Gasteiger partial charge in [-0.2, -0.15) is 0 Å². The van der Waals surface area contributed by atoms with Gasteiger partial charge in [-0.25, -0.2) is 9.97 Å². The average molecular weight is 326 g/mol. The fourth-order valence-electron chi connectivity index (χ4n) is 2.72. The minimum Gasteiger partial charge on any atom is -0.298 e. The molecular weight excluding hydrogens is 312 g/mol. The summed E-state index contributed by atoms with van der Waals surface area (Å²) in [6.45, 7) is 0. The molecule has 110 valence electrons. The maximum atomic E-state index is 11.9. The van der Waals surface area contributed by atoms with Crippen LogP contribution in [0.4, 0.5) is 0 Å². The molecule has 1 atom stereocenters. The molecule has 0 bridgehead atoms. The summed E-state index contributed by atoms with van der Waals surface area (Å²) in [4.78, 5) is 22.9. The Kier molecular flexibility index (Phi) is 3.68. The van der Waals surface area contributed by atoms with Crippen LogP contribution in [0, 0.1) is 0 Å². The third-order valence-electron chi connectivity index (χ3n) is 3.85. The summed E-state index contributed by atoms with van der Waals surface area (Å²) in [5.41, 5.74) is 1.19. The van der Waals surface area contributed by atoms with Gasteiger partial charge in [0.2, 0.25) is 0 Å². The van der Waals surface area contributed by atoms with Gasteiger partial charge in [-0.1, -0.05) is 42.1 Å². The molecule has 1 aliphatic carbocycles. The normalized spacial score (nSPS) is 18.2. The van der Waals surface area contributed by atoms with E-state index in [0.29, 0.717) is 12.2 Å². The van der Waals surface area contributed by atoms with Crippen molar-refractivity contribution < 1.29 is 4.79 Å². The van der Waals surface area contributed by atoms with Crippen molar-refractivity contribution in [3.8, 4) is 10.4 Å². The summed E-state index contributed by atoms with van der Waals surface area (Å²) >= 11 is 3.28. The van der Waals surface area contributed by atoms with Crippen LogP contribution in [0.5, 0.6) is 0 Å². The number of nitrogens with zero attached hydrogens (tertiary/aromatic N) is 2. The van der Waals surface area contributed by atoms with Crippen LogP contribution in [0.15, 0.2) is 47.8 Å². The van der Waals surface area contributed by atoms with E-state index in [1.807, 2.05) is 18.2 Å². The van der Waals surface area contributed by atoms with E-state index >= 15 is 0 Å². The van der Waals surface area contributed by atoms with Crippen molar-refractivity contribution in [3.63, 3.8) is 0 Å². The topological polar surface area (TPSA) is 42.9 Å². The van der Waals surface area contributed by atoms with E-state index in [-0.39, 0.29) is 5.25 Å². The number of hydrogen-bond donors (Lipinski definition) is 0. The van der Waals surface area contributed by atoms with Gasteiger partial charge in [0.1, 0.15) is 22.0 Å². The summed E-state index contributed by atoms with van der Waals surface area (Å²) in [6.07, 6.45) is 4.29. The van der Waals surface area contributed by atoms with Crippen molar-refractivity contribution in [2.45, 2.75) is 29.5 Å². The van der Waals surface area contributed by atoms with Crippen LogP contribution in [0.3, 0.4) is 0 Å². The maximum Gasteiger partial charge on any atom is 0.146 e. The standard InChI is InChI=1S/C17H14N2OS2/c20-13-7-4-8-14(13)21-16-12-9-15(11-5-2-1-3-6-11)22-17(12)19-10-18-16/h1-3,5-6,9-10,14H,4,7-8H2/t14-/m1/s1. The van der Waals surface area contributed by atoms with Crippen LogP contribution in [0.1, 0.15) is 19.3 Å². The van der Waals surface area contributed by atoms with Crippen molar-refractivity contribution in [1.29, 1.82) is 0 Å². The molecular formula is C17H14N2OS2. The van der Waals surface area contributed by atoms with Crippen LogP contribution in [0.2, 0.25) is 0 Å². The highest BCUT2D eigenvalue weighted by Gasteiger charge is 2.26. The Bertz CT molecular complexity index is 829. The molecule has 1 aromatic carbocycles. The van der Waals surface area contributed by atoms with Gasteiger partial charge in [-0.15, -0.1) is 11.3 Å². The van der Waals surface area contributed by atoms with E-state index < -0.39 is 0 Å². The Labute approximate surface area is 136 Å². The Balaban J connectivity index is 1.73. The van der Waals surface area contributed by atoms with Gasteiger partial charge in [-0.3, -0.25) is 4.79 Å². The van der Waals surface area contributed by atoms with E-state index in [2.05, 4.69) is 28.2 Å². The molecule has 1 saturated carbocycles. The number of carbonyl (C=O) groups is 1. The number of Topliss-reactive ketones (excluding diaryl/α,β-unsaturated/α-hetero) is 1. The molecule has 22 heavy (non-hydrogen) atoms. The van der Waals surface area contributed by atoms with Gasteiger partial charge >= 0.3 is 0 Å². The smallest absolute Gasteiger partial charge is 0.146 e. The third-order valence-corrected chi connectivity index (χ3v) is 6.28. The largest absolute Gasteiger partial charge is 0.298 e. The van der Waals surface area contributed by atoms with Crippen molar-refractivity contribution in [2.75, 3.05) is 0 Å². The van der Waals surface area contributed by atoms with Crippen LogP contribution in [-0.4, -0.2) is 21.0 Å². The Hall–Kier alpha value is -1.72. The maximum absolute atomic E-state index is 11.9. The lowest BCUT2D eigenvalue weighted by molar-refractivity contribution is -0.116. The van der Waals surface area contributed by atoms with Crippen molar-refractivity contribution in [2.24, 2.45) is 0 Å². The third kappa shape index (κ3) is 2.55. The number of aromatic nitrogens is 2. The number of rotatable bonds is 3. The van der Waals surface area contributed by atoms with Gasteiger partial charge in [0.25, 0.3) is 0 Å². The van der Waals surface area contributed by atoms with Crippen LogP contribution < -0.4 is 0 Å². The van der Waals surface area contributed by atoms with E-state index in [0.717, 1.165) is 28.1 Å². The second-order valence-corrected chi connectivity index (χ2v) is 7.56. The number of carbonyl (C=O) groups excluding carboxylic acids is 1. The highest BCUT2D eigenvalue weighted by atomic mass is 32.2. The Morgan fingerprint density at radius 1 is 1.18 bits per heavy atom. The van der Waals surface area contributed by atoms with Crippen LogP contribution in [0.25, 0.3) is 20.7 Å². The molecule has 0 N–H and O–H groups in total. The summed E-state index contributed by atoms with van der Waals surface area (Å²) < 4.78 is 0. The van der Waals surface area contributed by atoms with Crippen LogP contribution >= 0.6 is 23.1 Å². The lowest BCUT2D eigenvalue weighted by Crippen LogP contribution is -2.08. The molecule has 0 unspecified atom stereocenters. The van der Waals surface area contributed by atoms with E-state index in [9.17, 15) is 4.79 Å². The molecule has 0 radical (unpaired) electrons. The zero-order valence-corrected chi connectivity index (χ0v) is 13.5. The molecule has 0 amide bonds. The van der Waals surface area contributed by atoms with Crippen molar-refractivity contribution in [3.05, 3.63) is 42.7 Å². The molecule has 2 aromatic heterocycles. The highest BCUT2D eigenvalue weighted by molar-refractivity contribution is 8.00. The predicted molar refractivity (Wildman–Crippen MR) is 91.4 cm³/mol. The second-order valence-electron chi connectivity index (χ2n) is 5.34. The first-order valence-corrected chi connectivity index (χ1v) is 9.00. The summed E-state index contributed by atoms with van der Waals surface area (Å²) in [5.74, 6) is 0.357. The van der Waals surface area contributed by atoms with E-state index in [4.69, 9.17) is 0 Å². The first-order chi connectivity index (χ1) is 10.8. The Morgan fingerprint density at radius 2 is 2.05 bits per heavy atom. The number of benzene rings is 1. The molecule has 0 saturated heterocycles. The first kappa shape index (κ1) is 13.9. The van der Waals surface area contributed by atoms with E-state index in [1.54, 1.807) is 29.4 Å². The number of hydrogen-bond acceptors (Lipinski definition) is 5. The van der Waals surface area contributed by atoms with Crippen molar-refractivity contribution >= 4 is 39.1 Å². The number of thiophene rings is 1. The zero-order valence-electron chi connectivity index (χ0n) is 11.9. The molecule has 5 heteroatoms. The summed E-state index contributed by atoms with van der Waals surface area (Å²) in [6, 6.07) is 12.5. The molecule has 0 spiro atoms. The minimum atomic E-state index is 0.0678. The lowest BCUT2D eigenvalue weighted by atomic mass is 10.2. The Morgan fingerprint density at radius 3 is 2.82 bits per heavy atom. The average Bonchev–Trinajstić information content (AvgIpc) is 3.16. The summed E-state index contributed by atoms with van der Waals surface area (Å²) in [5, 5.41) is 2.07. The zero-order chi connectivity index (χ0) is 14.9. The highest BCUT2D eigenvalue weighted by Crippen LogP contribution is 2.39. The van der Waals surface area contributed by atoms with Crippen molar-refractivity contribution in [1.82, 2.24) is 9.97 Å². The number of fused-ring (bicyclic) bond motifs is 1. The second kappa shape index (κ2) is 5.82. The predicted octanol–water partition coefficient (Wildman–Crippen LogP) is 4.57. The van der Waals surface area contributed by atoms with E-state index in [1.165, 1.54) is 10.4 Å². The van der Waals surface area contributed by atoms with Gasteiger partial charge in [0.05, 0.1) is 5.25 Å². The summed E-state index contributed by atoms with van der Waals surface area (Å²) in [7, 11) is 0.